The molecule has 0 fully saturated rings. The highest BCUT2D eigenvalue weighted by atomic mass is 16.3. The zero-order chi connectivity index (χ0) is 15.9. The molecule has 2 aromatic rings. The molecule has 0 radical (unpaired) electrons. The van der Waals surface area contributed by atoms with Gasteiger partial charge in [-0.1, -0.05) is 44.2 Å². The van der Waals surface area contributed by atoms with Crippen molar-refractivity contribution in [3.05, 3.63) is 53.7 Å². The van der Waals surface area contributed by atoms with Crippen LogP contribution in [0.4, 0.5) is 0 Å². The second kappa shape index (κ2) is 8.11. The van der Waals surface area contributed by atoms with Crippen molar-refractivity contribution in [3.8, 4) is 0 Å². The van der Waals surface area contributed by atoms with Crippen LogP contribution < -0.4 is 0 Å². The van der Waals surface area contributed by atoms with Crippen molar-refractivity contribution in [1.82, 2.24) is 9.88 Å². The Morgan fingerprint density at radius 1 is 1.14 bits per heavy atom. The largest absolute Gasteiger partial charge is 0.448 e. The molecule has 0 aliphatic rings. The minimum atomic E-state index is 0.197. The smallest absolute Gasteiger partial charge is 0.181 e. The van der Waals surface area contributed by atoms with E-state index in [2.05, 4.69) is 54.9 Å². The summed E-state index contributed by atoms with van der Waals surface area (Å²) in [7, 11) is 0. The maximum atomic E-state index is 9.26. The van der Waals surface area contributed by atoms with Crippen LogP contribution in [-0.2, 0) is 13.1 Å². The number of nitrogens with zero attached hydrogens (tertiary/aromatic N) is 2. The summed E-state index contributed by atoms with van der Waals surface area (Å²) in [4.78, 5) is 6.73. The second-order valence-electron chi connectivity index (χ2n) is 6.07. The quantitative estimate of drug-likeness (QED) is 0.810. The molecule has 0 bridgehead atoms. The molecule has 1 atom stereocenters. The zero-order valence-electron chi connectivity index (χ0n) is 13.7. The van der Waals surface area contributed by atoms with Gasteiger partial charge in [0.2, 0.25) is 0 Å². The number of aromatic nitrogens is 1. The molecule has 1 N–H and O–H groups in total. The lowest BCUT2D eigenvalue weighted by Gasteiger charge is -2.28. The molecule has 0 aliphatic carbocycles. The fraction of sp³-hybridized carbons (Fsp3) is 0.500. The third-order valence-electron chi connectivity index (χ3n) is 3.95. The van der Waals surface area contributed by atoms with E-state index in [-0.39, 0.29) is 12.6 Å². The summed E-state index contributed by atoms with van der Waals surface area (Å²) in [6.07, 6.45) is 2.28. The van der Waals surface area contributed by atoms with Crippen molar-refractivity contribution >= 4 is 0 Å². The lowest BCUT2D eigenvalue weighted by atomic mass is 10.1. The highest BCUT2D eigenvalue weighted by Gasteiger charge is 2.19. The van der Waals surface area contributed by atoms with Crippen molar-refractivity contribution in [1.29, 1.82) is 0 Å². The van der Waals surface area contributed by atoms with Crippen LogP contribution in [0.1, 0.15) is 50.1 Å². The highest BCUT2D eigenvalue weighted by Crippen LogP contribution is 2.22. The van der Waals surface area contributed by atoms with Crippen molar-refractivity contribution in [2.24, 2.45) is 0 Å². The van der Waals surface area contributed by atoms with Crippen LogP contribution in [0.15, 0.2) is 41.1 Å². The Bertz CT molecular complexity index is 551. The van der Waals surface area contributed by atoms with Crippen molar-refractivity contribution in [2.45, 2.75) is 52.2 Å². The SMILES string of the molecule is CC(C)c1ocnc1CN(Cc1ccccc1)C(C)CCO. The monoisotopic (exact) mass is 302 g/mol. The van der Waals surface area contributed by atoms with Crippen LogP contribution >= 0.6 is 0 Å². The Hall–Kier alpha value is -1.65. The number of aliphatic hydroxyl groups excluding tert-OH is 1. The standard InChI is InChI=1S/C18H26N2O2/c1-14(2)18-17(19-13-22-18)12-20(15(3)9-10-21)11-16-7-5-4-6-8-16/h4-8,13-15,21H,9-12H2,1-3H3. The number of rotatable bonds is 8. The fourth-order valence-corrected chi connectivity index (χ4v) is 2.61. The molecule has 0 saturated heterocycles. The summed E-state index contributed by atoms with van der Waals surface area (Å²) in [6.45, 7) is 8.15. The van der Waals surface area contributed by atoms with Gasteiger partial charge in [-0.25, -0.2) is 4.98 Å². The summed E-state index contributed by atoms with van der Waals surface area (Å²) in [5, 5.41) is 9.26. The van der Waals surface area contributed by atoms with Crippen LogP contribution in [0.3, 0.4) is 0 Å². The maximum Gasteiger partial charge on any atom is 0.181 e. The molecule has 2 rings (SSSR count). The van der Waals surface area contributed by atoms with Gasteiger partial charge >= 0.3 is 0 Å². The number of benzene rings is 1. The van der Waals surface area contributed by atoms with Gasteiger partial charge in [-0.2, -0.15) is 0 Å². The molecule has 0 amide bonds. The number of aliphatic hydroxyl groups is 1. The minimum Gasteiger partial charge on any atom is -0.448 e. The topological polar surface area (TPSA) is 49.5 Å². The summed E-state index contributed by atoms with van der Waals surface area (Å²) >= 11 is 0. The fourth-order valence-electron chi connectivity index (χ4n) is 2.61. The average Bonchev–Trinajstić information content (AvgIpc) is 2.96. The first-order valence-electron chi connectivity index (χ1n) is 7.93. The summed E-state index contributed by atoms with van der Waals surface area (Å²) in [5.41, 5.74) is 2.26. The molecule has 0 aliphatic heterocycles. The maximum absolute atomic E-state index is 9.26. The van der Waals surface area contributed by atoms with Crippen molar-refractivity contribution in [3.63, 3.8) is 0 Å². The molecule has 1 aromatic carbocycles. The van der Waals surface area contributed by atoms with Crippen LogP contribution in [0.5, 0.6) is 0 Å². The first-order chi connectivity index (χ1) is 10.6. The number of oxazole rings is 1. The third kappa shape index (κ3) is 4.42. The van der Waals surface area contributed by atoms with Crippen LogP contribution in [0.25, 0.3) is 0 Å². The zero-order valence-corrected chi connectivity index (χ0v) is 13.7. The van der Waals surface area contributed by atoms with Crippen molar-refractivity contribution in [2.75, 3.05) is 6.61 Å². The third-order valence-corrected chi connectivity index (χ3v) is 3.95. The van der Waals surface area contributed by atoms with Gasteiger partial charge in [-0.3, -0.25) is 4.90 Å². The molecule has 22 heavy (non-hydrogen) atoms. The van der Waals surface area contributed by atoms with E-state index in [4.69, 9.17) is 4.42 Å². The first kappa shape index (κ1) is 16.7. The van der Waals surface area contributed by atoms with E-state index in [0.717, 1.165) is 31.0 Å². The van der Waals surface area contributed by atoms with Gasteiger partial charge in [0.05, 0.1) is 5.69 Å². The van der Waals surface area contributed by atoms with Crippen molar-refractivity contribution < 1.29 is 9.52 Å². The molecular weight excluding hydrogens is 276 g/mol. The lowest BCUT2D eigenvalue weighted by molar-refractivity contribution is 0.151. The van der Waals surface area contributed by atoms with Gasteiger partial charge in [-0.05, 0) is 18.9 Å². The minimum absolute atomic E-state index is 0.197. The highest BCUT2D eigenvalue weighted by molar-refractivity contribution is 5.16. The average molecular weight is 302 g/mol. The van der Waals surface area contributed by atoms with Gasteiger partial charge in [0.1, 0.15) is 5.76 Å². The van der Waals surface area contributed by atoms with Gasteiger partial charge in [-0.15, -0.1) is 0 Å². The van der Waals surface area contributed by atoms with E-state index >= 15 is 0 Å². The molecule has 4 nitrogen and oxygen atoms in total. The molecule has 1 unspecified atom stereocenters. The predicted molar refractivity (Wildman–Crippen MR) is 87.4 cm³/mol. The van der Waals surface area contributed by atoms with E-state index < -0.39 is 0 Å². The number of hydrogen-bond acceptors (Lipinski definition) is 4. The molecule has 120 valence electrons. The van der Waals surface area contributed by atoms with Gasteiger partial charge in [0, 0.05) is 31.7 Å². The van der Waals surface area contributed by atoms with E-state index in [0.29, 0.717) is 5.92 Å². The van der Waals surface area contributed by atoms with E-state index in [1.807, 2.05) is 6.07 Å². The Morgan fingerprint density at radius 2 is 1.86 bits per heavy atom. The molecule has 0 spiro atoms. The molecular formula is C18H26N2O2. The Kier molecular flexibility index (Phi) is 6.16. The molecule has 1 aromatic heterocycles. The Labute approximate surface area is 132 Å². The summed E-state index contributed by atoms with van der Waals surface area (Å²) in [5.74, 6) is 1.28. The Morgan fingerprint density at radius 3 is 2.50 bits per heavy atom. The lowest BCUT2D eigenvalue weighted by Crippen LogP contribution is -2.33. The van der Waals surface area contributed by atoms with E-state index in [1.165, 1.54) is 12.0 Å². The first-order valence-corrected chi connectivity index (χ1v) is 7.93. The normalized spacial score (nSPS) is 13.0. The molecule has 1 heterocycles. The van der Waals surface area contributed by atoms with Gasteiger partial charge < -0.3 is 9.52 Å². The van der Waals surface area contributed by atoms with Crippen LogP contribution in [0.2, 0.25) is 0 Å². The van der Waals surface area contributed by atoms with Crippen LogP contribution in [0, 0.1) is 0 Å². The number of hydrogen-bond donors (Lipinski definition) is 1. The Balaban J connectivity index is 2.15. The van der Waals surface area contributed by atoms with E-state index in [1.54, 1.807) is 0 Å². The van der Waals surface area contributed by atoms with Crippen LogP contribution in [-0.4, -0.2) is 27.6 Å². The molecule has 4 heteroatoms. The second-order valence-corrected chi connectivity index (χ2v) is 6.07. The van der Waals surface area contributed by atoms with E-state index in [9.17, 15) is 5.11 Å². The summed E-state index contributed by atoms with van der Waals surface area (Å²) < 4.78 is 5.53. The summed E-state index contributed by atoms with van der Waals surface area (Å²) in [6, 6.07) is 10.7. The van der Waals surface area contributed by atoms with Gasteiger partial charge in [0.15, 0.2) is 6.39 Å². The van der Waals surface area contributed by atoms with Gasteiger partial charge in [0.25, 0.3) is 0 Å². The predicted octanol–water partition coefficient (Wildman–Crippen LogP) is 3.57. The molecule has 0 saturated carbocycles.